The number of rotatable bonds is 5. The van der Waals surface area contributed by atoms with Gasteiger partial charge in [-0.1, -0.05) is 6.08 Å². The van der Waals surface area contributed by atoms with Gasteiger partial charge in [-0.2, -0.15) is 4.31 Å². The average molecular weight is 327 g/mol. The molecule has 3 atom stereocenters. The van der Waals surface area contributed by atoms with Crippen LogP contribution in [0.2, 0.25) is 0 Å². The van der Waals surface area contributed by atoms with Crippen molar-refractivity contribution >= 4 is 10.0 Å². The third kappa shape index (κ3) is 2.71. The number of imidazole rings is 1. The lowest BCUT2D eigenvalue weighted by molar-refractivity contribution is -0.0696. The molecule has 2 fully saturated rings. The van der Waals surface area contributed by atoms with Crippen molar-refractivity contribution in [2.24, 2.45) is 7.05 Å². The Morgan fingerprint density at radius 3 is 3.09 bits per heavy atom. The molecule has 0 amide bonds. The van der Waals surface area contributed by atoms with E-state index >= 15 is 0 Å². The molecule has 122 valence electrons. The van der Waals surface area contributed by atoms with Crippen LogP contribution in [-0.2, 0) is 26.5 Å². The first-order valence-corrected chi connectivity index (χ1v) is 8.82. The molecule has 2 aliphatic heterocycles. The Hall–Kier alpha value is -1.22. The van der Waals surface area contributed by atoms with Gasteiger partial charge in [-0.3, -0.25) is 0 Å². The Bertz CT molecular complexity index is 642. The molecule has 0 bridgehead atoms. The van der Waals surface area contributed by atoms with Crippen LogP contribution >= 0.6 is 0 Å². The SMILES string of the molecule is C=CCO[C@@H]1CN(S(=O)(=O)c2cn(C)cn2)[C@@H]2CCCO[C@@H]21. The Morgan fingerprint density at radius 1 is 1.59 bits per heavy atom. The Balaban J connectivity index is 1.87. The predicted octanol–water partition coefficient (Wildman–Crippen LogP) is 0.543. The fourth-order valence-electron chi connectivity index (χ4n) is 3.12. The first-order chi connectivity index (χ1) is 10.5. The van der Waals surface area contributed by atoms with Gasteiger partial charge in [-0.15, -0.1) is 6.58 Å². The topological polar surface area (TPSA) is 73.7 Å². The lowest BCUT2D eigenvalue weighted by Crippen LogP contribution is -2.43. The van der Waals surface area contributed by atoms with E-state index in [-0.39, 0.29) is 23.3 Å². The van der Waals surface area contributed by atoms with E-state index in [0.29, 0.717) is 19.8 Å². The smallest absolute Gasteiger partial charge is 0.262 e. The van der Waals surface area contributed by atoms with Crippen molar-refractivity contribution in [2.45, 2.75) is 36.1 Å². The number of aromatic nitrogens is 2. The monoisotopic (exact) mass is 327 g/mol. The van der Waals surface area contributed by atoms with Crippen LogP contribution in [0, 0.1) is 0 Å². The Morgan fingerprint density at radius 2 is 2.41 bits per heavy atom. The Labute approximate surface area is 130 Å². The zero-order valence-corrected chi connectivity index (χ0v) is 13.4. The molecule has 2 saturated heterocycles. The number of nitrogens with zero attached hydrogens (tertiary/aromatic N) is 3. The molecule has 3 rings (SSSR count). The number of hydrogen-bond acceptors (Lipinski definition) is 5. The molecule has 0 aliphatic carbocycles. The average Bonchev–Trinajstić information content (AvgIpc) is 3.10. The second-order valence-corrected chi connectivity index (χ2v) is 7.49. The van der Waals surface area contributed by atoms with Crippen LogP contribution in [0.3, 0.4) is 0 Å². The summed E-state index contributed by atoms with van der Waals surface area (Å²) in [6.07, 6.45) is 5.83. The molecule has 2 aliphatic rings. The van der Waals surface area contributed by atoms with Crippen molar-refractivity contribution in [1.29, 1.82) is 0 Å². The minimum absolute atomic E-state index is 0.0729. The first kappa shape index (κ1) is 15.7. The highest BCUT2D eigenvalue weighted by molar-refractivity contribution is 7.89. The minimum Gasteiger partial charge on any atom is -0.374 e. The van der Waals surface area contributed by atoms with Crippen LogP contribution in [-0.4, -0.2) is 60.3 Å². The highest BCUT2D eigenvalue weighted by atomic mass is 32.2. The quantitative estimate of drug-likeness (QED) is 0.738. The van der Waals surface area contributed by atoms with Gasteiger partial charge in [0.15, 0.2) is 5.03 Å². The first-order valence-electron chi connectivity index (χ1n) is 7.38. The van der Waals surface area contributed by atoms with E-state index in [2.05, 4.69) is 11.6 Å². The van der Waals surface area contributed by atoms with Gasteiger partial charge in [-0.05, 0) is 12.8 Å². The lowest BCUT2D eigenvalue weighted by Gasteiger charge is -2.31. The molecule has 1 aromatic rings. The van der Waals surface area contributed by atoms with Crippen LogP contribution < -0.4 is 0 Å². The molecule has 0 unspecified atom stereocenters. The number of ether oxygens (including phenoxy) is 2. The van der Waals surface area contributed by atoms with Crippen molar-refractivity contribution in [3.8, 4) is 0 Å². The summed E-state index contributed by atoms with van der Waals surface area (Å²) in [6.45, 7) is 4.96. The normalized spacial score (nSPS) is 29.4. The second kappa shape index (κ2) is 6.11. The summed E-state index contributed by atoms with van der Waals surface area (Å²) in [5.41, 5.74) is 0. The maximum Gasteiger partial charge on any atom is 0.262 e. The van der Waals surface area contributed by atoms with Crippen molar-refractivity contribution in [1.82, 2.24) is 13.9 Å². The number of aryl methyl sites for hydroxylation is 1. The highest BCUT2D eigenvalue weighted by Gasteiger charge is 2.50. The summed E-state index contributed by atoms with van der Waals surface area (Å²) in [7, 11) is -1.88. The predicted molar refractivity (Wildman–Crippen MR) is 79.8 cm³/mol. The van der Waals surface area contributed by atoms with Crippen LogP contribution in [0.25, 0.3) is 0 Å². The van der Waals surface area contributed by atoms with E-state index in [1.54, 1.807) is 17.7 Å². The molecular formula is C14H21N3O4S. The van der Waals surface area contributed by atoms with E-state index in [4.69, 9.17) is 9.47 Å². The van der Waals surface area contributed by atoms with E-state index in [0.717, 1.165) is 12.8 Å². The largest absolute Gasteiger partial charge is 0.374 e. The summed E-state index contributed by atoms with van der Waals surface area (Å²) in [4.78, 5) is 3.99. The summed E-state index contributed by atoms with van der Waals surface area (Å²) in [6, 6.07) is -0.185. The zero-order valence-electron chi connectivity index (χ0n) is 12.6. The summed E-state index contributed by atoms with van der Waals surface area (Å²) in [5.74, 6) is 0. The zero-order chi connectivity index (χ0) is 15.7. The molecule has 0 saturated carbocycles. The van der Waals surface area contributed by atoms with E-state index in [9.17, 15) is 8.42 Å². The molecule has 1 aromatic heterocycles. The molecule has 22 heavy (non-hydrogen) atoms. The van der Waals surface area contributed by atoms with Gasteiger partial charge in [0, 0.05) is 26.4 Å². The lowest BCUT2D eigenvalue weighted by atomic mass is 10.0. The van der Waals surface area contributed by atoms with Gasteiger partial charge in [-0.25, -0.2) is 13.4 Å². The highest BCUT2D eigenvalue weighted by Crippen LogP contribution is 2.34. The summed E-state index contributed by atoms with van der Waals surface area (Å²) in [5, 5.41) is 0.0729. The molecular weight excluding hydrogens is 306 g/mol. The number of hydrogen-bond donors (Lipinski definition) is 0. The fraction of sp³-hybridized carbons (Fsp3) is 0.643. The van der Waals surface area contributed by atoms with Crippen molar-refractivity contribution < 1.29 is 17.9 Å². The maximum atomic E-state index is 12.8. The third-order valence-corrected chi connectivity index (χ3v) is 5.89. The van der Waals surface area contributed by atoms with Crippen molar-refractivity contribution in [3.63, 3.8) is 0 Å². The van der Waals surface area contributed by atoms with Crippen LogP contribution in [0.4, 0.5) is 0 Å². The van der Waals surface area contributed by atoms with Crippen molar-refractivity contribution in [2.75, 3.05) is 19.8 Å². The van der Waals surface area contributed by atoms with Crippen molar-refractivity contribution in [3.05, 3.63) is 25.2 Å². The fourth-order valence-corrected chi connectivity index (χ4v) is 4.77. The molecule has 0 radical (unpaired) electrons. The third-order valence-electron chi connectivity index (χ3n) is 4.11. The van der Waals surface area contributed by atoms with Crippen LogP contribution in [0.1, 0.15) is 12.8 Å². The molecule has 0 aromatic carbocycles. The number of sulfonamides is 1. The summed E-state index contributed by atoms with van der Waals surface area (Å²) >= 11 is 0. The van der Waals surface area contributed by atoms with Gasteiger partial charge in [0.1, 0.15) is 6.10 Å². The van der Waals surface area contributed by atoms with E-state index < -0.39 is 10.0 Å². The summed E-state index contributed by atoms with van der Waals surface area (Å²) < 4.78 is 40.3. The van der Waals surface area contributed by atoms with Gasteiger partial charge in [0.25, 0.3) is 10.0 Å². The molecule has 7 nitrogen and oxygen atoms in total. The standard InChI is InChI=1S/C14H21N3O4S/c1-3-6-20-12-8-17(11-5-4-7-21-14(11)12)22(18,19)13-9-16(2)10-15-13/h3,9-12,14H,1,4-8H2,2H3/t11-,12-,14+/m1/s1. The van der Waals surface area contributed by atoms with E-state index in [1.807, 2.05) is 0 Å². The van der Waals surface area contributed by atoms with Gasteiger partial charge >= 0.3 is 0 Å². The molecule has 8 heteroatoms. The second-order valence-electron chi connectivity index (χ2n) is 5.66. The van der Waals surface area contributed by atoms with Gasteiger partial charge in [0.2, 0.25) is 0 Å². The maximum absolute atomic E-state index is 12.8. The van der Waals surface area contributed by atoms with Gasteiger partial charge in [0.05, 0.1) is 25.1 Å². The molecule has 0 N–H and O–H groups in total. The Kier molecular flexibility index (Phi) is 4.35. The van der Waals surface area contributed by atoms with E-state index in [1.165, 1.54) is 16.8 Å². The molecule has 0 spiro atoms. The van der Waals surface area contributed by atoms with Crippen LogP contribution in [0.15, 0.2) is 30.2 Å². The number of fused-ring (bicyclic) bond motifs is 1. The molecule has 3 heterocycles. The van der Waals surface area contributed by atoms with Gasteiger partial charge < -0.3 is 14.0 Å². The van der Waals surface area contributed by atoms with Crippen LogP contribution in [0.5, 0.6) is 0 Å². The minimum atomic E-state index is -3.63.